The Hall–Kier alpha value is -2.40. The van der Waals surface area contributed by atoms with Crippen LogP contribution >= 0.6 is 11.6 Å². The first-order valence-corrected chi connectivity index (χ1v) is 5.74. The van der Waals surface area contributed by atoms with Crippen molar-refractivity contribution in [2.75, 3.05) is 5.32 Å². The predicted molar refractivity (Wildman–Crippen MR) is 73.2 cm³/mol. The topological polar surface area (TPSA) is 72.2 Å². The molecule has 0 unspecified atom stereocenters. The van der Waals surface area contributed by atoms with E-state index in [4.69, 9.17) is 11.6 Å². The molecular weight excluding hydrogens is 268 g/mol. The third kappa shape index (κ3) is 3.08. The Kier molecular flexibility index (Phi) is 3.77. The second kappa shape index (κ2) is 5.49. The number of hydrogen-bond acceptors (Lipinski definition) is 4. The van der Waals surface area contributed by atoms with E-state index in [-0.39, 0.29) is 11.3 Å². The highest BCUT2D eigenvalue weighted by atomic mass is 35.5. The molecule has 0 radical (unpaired) electrons. The molecule has 0 spiro atoms. The molecule has 0 saturated heterocycles. The van der Waals surface area contributed by atoms with Crippen LogP contribution < -0.4 is 5.32 Å². The zero-order valence-electron chi connectivity index (χ0n) is 9.67. The van der Waals surface area contributed by atoms with Crippen LogP contribution in [-0.4, -0.2) is 11.2 Å². The number of rotatable bonds is 4. The van der Waals surface area contributed by atoms with E-state index in [2.05, 4.69) is 5.32 Å². The van der Waals surface area contributed by atoms with Gasteiger partial charge >= 0.3 is 0 Å². The number of aldehydes is 1. The Morgan fingerprint density at radius 1 is 1.16 bits per heavy atom. The number of nitrogens with zero attached hydrogens (tertiary/aromatic N) is 1. The van der Waals surface area contributed by atoms with Gasteiger partial charge in [0.25, 0.3) is 5.69 Å². The van der Waals surface area contributed by atoms with Crippen LogP contribution in [0.25, 0.3) is 0 Å². The fourth-order valence-electron chi connectivity index (χ4n) is 1.56. The first kappa shape index (κ1) is 13.0. The van der Waals surface area contributed by atoms with E-state index < -0.39 is 4.92 Å². The van der Waals surface area contributed by atoms with E-state index >= 15 is 0 Å². The molecule has 0 saturated carbocycles. The summed E-state index contributed by atoms with van der Waals surface area (Å²) in [6.07, 6.45) is 0.575. The van der Waals surface area contributed by atoms with Crippen molar-refractivity contribution in [1.82, 2.24) is 0 Å². The van der Waals surface area contributed by atoms with E-state index in [1.54, 1.807) is 24.3 Å². The van der Waals surface area contributed by atoms with E-state index in [0.717, 1.165) is 5.69 Å². The number of benzene rings is 2. The number of non-ortho nitro benzene ring substituents is 1. The fourth-order valence-corrected chi connectivity index (χ4v) is 1.69. The number of anilines is 2. The zero-order chi connectivity index (χ0) is 13.8. The molecule has 0 bridgehead atoms. The monoisotopic (exact) mass is 276 g/mol. The summed E-state index contributed by atoms with van der Waals surface area (Å²) in [5.41, 5.74) is 1.34. The quantitative estimate of drug-likeness (QED) is 0.524. The van der Waals surface area contributed by atoms with Crippen LogP contribution in [0.15, 0.2) is 42.5 Å². The van der Waals surface area contributed by atoms with Gasteiger partial charge in [-0.3, -0.25) is 14.9 Å². The summed E-state index contributed by atoms with van der Waals surface area (Å²) >= 11 is 5.77. The molecule has 96 valence electrons. The number of nitro benzene ring substituents is 1. The van der Waals surface area contributed by atoms with Crippen LogP contribution in [0.3, 0.4) is 0 Å². The molecule has 5 nitrogen and oxygen atoms in total. The molecule has 6 heteroatoms. The van der Waals surface area contributed by atoms with E-state index in [9.17, 15) is 14.9 Å². The molecule has 19 heavy (non-hydrogen) atoms. The molecule has 0 fully saturated rings. The highest BCUT2D eigenvalue weighted by Gasteiger charge is 2.10. The van der Waals surface area contributed by atoms with Gasteiger partial charge in [-0.15, -0.1) is 0 Å². The van der Waals surface area contributed by atoms with Crippen LogP contribution in [0.5, 0.6) is 0 Å². The van der Waals surface area contributed by atoms with Gasteiger partial charge in [-0.2, -0.15) is 0 Å². The summed E-state index contributed by atoms with van der Waals surface area (Å²) in [6, 6.07) is 11.0. The van der Waals surface area contributed by atoms with Crippen LogP contribution in [0.2, 0.25) is 5.02 Å². The van der Waals surface area contributed by atoms with Gasteiger partial charge in [0.15, 0.2) is 6.29 Å². The van der Waals surface area contributed by atoms with Crippen molar-refractivity contribution in [1.29, 1.82) is 0 Å². The average molecular weight is 277 g/mol. The summed E-state index contributed by atoms with van der Waals surface area (Å²) in [7, 11) is 0. The molecule has 1 N–H and O–H groups in total. The Morgan fingerprint density at radius 3 is 2.42 bits per heavy atom. The molecule has 2 aromatic rings. The van der Waals surface area contributed by atoms with Gasteiger partial charge < -0.3 is 5.32 Å². The highest BCUT2D eigenvalue weighted by Crippen LogP contribution is 2.24. The number of nitrogens with one attached hydrogen (secondary N) is 1. The maximum atomic E-state index is 11.0. The maximum Gasteiger partial charge on any atom is 0.270 e. The van der Waals surface area contributed by atoms with Crippen molar-refractivity contribution in [2.24, 2.45) is 0 Å². The Morgan fingerprint density at radius 2 is 1.84 bits per heavy atom. The van der Waals surface area contributed by atoms with Gasteiger partial charge in [-0.05, 0) is 30.3 Å². The SMILES string of the molecule is O=Cc1cc([N+](=O)[O-])ccc1Nc1ccc(Cl)cc1. The minimum absolute atomic E-state index is 0.122. The average Bonchev–Trinajstić information content (AvgIpc) is 2.41. The first-order chi connectivity index (χ1) is 9.10. The normalized spacial score (nSPS) is 9.95. The van der Waals surface area contributed by atoms with Crippen molar-refractivity contribution >= 4 is 34.9 Å². The van der Waals surface area contributed by atoms with Gasteiger partial charge in [-0.1, -0.05) is 11.6 Å². The molecule has 2 aromatic carbocycles. The van der Waals surface area contributed by atoms with Crippen molar-refractivity contribution < 1.29 is 9.72 Å². The third-order valence-corrected chi connectivity index (χ3v) is 2.75. The Balaban J connectivity index is 2.32. The minimum atomic E-state index is -0.543. The van der Waals surface area contributed by atoms with Crippen molar-refractivity contribution in [3.8, 4) is 0 Å². The molecule has 0 aliphatic carbocycles. The van der Waals surface area contributed by atoms with Crippen LogP contribution in [0, 0.1) is 10.1 Å². The van der Waals surface area contributed by atoms with Crippen molar-refractivity contribution in [3.63, 3.8) is 0 Å². The molecule has 0 aliphatic heterocycles. The van der Waals surface area contributed by atoms with Gasteiger partial charge in [0, 0.05) is 34.1 Å². The molecule has 0 aliphatic rings. The van der Waals surface area contributed by atoms with Gasteiger partial charge in [0.05, 0.1) is 4.92 Å². The van der Waals surface area contributed by atoms with E-state index in [1.807, 2.05) is 0 Å². The largest absolute Gasteiger partial charge is 0.355 e. The fraction of sp³-hybridized carbons (Fsp3) is 0. The van der Waals surface area contributed by atoms with Crippen molar-refractivity contribution in [2.45, 2.75) is 0 Å². The Labute approximate surface area is 114 Å². The van der Waals surface area contributed by atoms with Gasteiger partial charge in [-0.25, -0.2) is 0 Å². The Bertz CT molecular complexity index is 626. The summed E-state index contributed by atoms with van der Waals surface area (Å²) in [6.45, 7) is 0. The first-order valence-electron chi connectivity index (χ1n) is 5.36. The summed E-state index contributed by atoms with van der Waals surface area (Å²) in [4.78, 5) is 21.1. The molecule has 2 rings (SSSR count). The molecule has 0 heterocycles. The molecule has 0 aromatic heterocycles. The summed E-state index contributed by atoms with van der Waals surface area (Å²) in [5, 5.41) is 14.2. The lowest BCUT2D eigenvalue weighted by Crippen LogP contribution is -1.97. The molecule has 0 atom stereocenters. The van der Waals surface area contributed by atoms with Crippen LogP contribution in [0.4, 0.5) is 17.1 Å². The smallest absolute Gasteiger partial charge is 0.270 e. The zero-order valence-corrected chi connectivity index (χ0v) is 10.4. The minimum Gasteiger partial charge on any atom is -0.355 e. The van der Waals surface area contributed by atoms with Gasteiger partial charge in [0.2, 0.25) is 0 Å². The van der Waals surface area contributed by atoms with Crippen LogP contribution in [-0.2, 0) is 0 Å². The number of halogens is 1. The third-order valence-electron chi connectivity index (χ3n) is 2.50. The lowest BCUT2D eigenvalue weighted by molar-refractivity contribution is -0.384. The van der Waals surface area contributed by atoms with E-state index in [0.29, 0.717) is 17.0 Å². The molecular formula is C13H9ClN2O3. The predicted octanol–water partition coefficient (Wildman–Crippen LogP) is 3.80. The maximum absolute atomic E-state index is 11.0. The second-order valence-corrected chi connectivity index (χ2v) is 4.21. The number of carbonyl (C=O) groups excluding carboxylic acids is 1. The van der Waals surface area contributed by atoms with Gasteiger partial charge in [0.1, 0.15) is 0 Å². The number of carbonyl (C=O) groups is 1. The van der Waals surface area contributed by atoms with E-state index in [1.165, 1.54) is 18.2 Å². The highest BCUT2D eigenvalue weighted by molar-refractivity contribution is 6.30. The standard InChI is InChI=1S/C13H9ClN2O3/c14-10-1-3-11(4-2-10)15-13-6-5-12(16(18)19)7-9(13)8-17/h1-8,15H. The summed E-state index contributed by atoms with van der Waals surface area (Å²) < 4.78 is 0. The lowest BCUT2D eigenvalue weighted by Gasteiger charge is -2.08. The number of hydrogen-bond donors (Lipinski definition) is 1. The van der Waals surface area contributed by atoms with Crippen molar-refractivity contribution in [3.05, 3.63) is 63.2 Å². The second-order valence-electron chi connectivity index (χ2n) is 3.78. The number of nitro groups is 1. The lowest BCUT2D eigenvalue weighted by atomic mass is 10.1. The summed E-state index contributed by atoms with van der Waals surface area (Å²) in [5.74, 6) is 0. The molecule has 0 amide bonds. The van der Waals surface area contributed by atoms with Crippen LogP contribution in [0.1, 0.15) is 10.4 Å².